The van der Waals surface area contributed by atoms with E-state index in [1.165, 1.54) is 15.9 Å². The molecule has 0 aliphatic carbocycles. The van der Waals surface area contributed by atoms with Crippen molar-refractivity contribution in [2.24, 2.45) is 0 Å². The first-order chi connectivity index (χ1) is 14.5. The maximum Gasteiger partial charge on any atom is 0.348 e. The first-order valence-electron chi connectivity index (χ1n) is 9.43. The highest BCUT2D eigenvalue weighted by atomic mass is 32.1. The van der Waals surface area contributed by atoms with Gasteiger partial charge in [-0.2, -0.15) is 0 Å². The summed E-state index contributed by atoms with van der Waals surface area (Å²) < 4.78 is 7.31. The highest BCUT2D eigenvalue weighted by Gasteiger charge is 2.14. The number of nitrogens with one attached hydrogen (secondary N) is 1. The molecular formula is C22H19N3O4S. The first kappa shape index (κ1) is 19.8. The molecule has 0 unspecified atom stereocenters. The highest BCUT2D eigenvalue weighted by Crippen LogP contribution is 2.28. The van der Waals surface area contributed by atoms with E-state index in [0.29, 0.717) is 33.9 Å². The molecule has 30 heavy (non-hydrogen) atoms. The minimum atomic E-state index is -0.358. The Hall–Kier alpha value is -3.52. The SMILES string of the molecule is CCOC(=O)c1cc2cc(NC(=O)Cn3c(C)nc4ccccc4c3=O)ccc2s1. The fraction of sp³-hybridized carbons (Fsp3) is 0.182. The van der Waals surface area contributed by atoms with Crippen LogP contribution in [-0.2, 0) is 16.1 Å². The second-order valence-corrected chi connectivity index (χ2v) is 7.78. The lowest BCUT2D eigenvalue weighted by Crippen LogP contribution is -2.30. The Kier molecular flexibility index (Phi) is 5.33. The van der Waals surface area contributed by atoms with Gasteiger partial charge in [0.25, 0.3) is 5.56 Å². The largest absolute Gasteiger partial charge is 0.462 e. The number of esters is 1. The highest BCUT2D eigenvalue weighted by molar-refractivity contribution is 7.20. The Balaban J connectivity index is 1.56. The molecule has 4 aromatic rings. The number of hydrogen-bond acceptors (Lipinski definition) is 6. The van der Waals surface area contributed by atoms with Crippen molar-refractivity contribution in [1.29, 1.82) is 0 Å². The number of nitrogens with zero attached hydrogens (tertiary/aromatic N) is 2. The Morgan fingerprint density at radius 1 is 1.17 bits per heavy atom. The van der Waals surface area contributed by atoms with Crippen molar-refractivity contribution in [2.75, 3.05) is 11.9 Å². The van der Waals surface area contributed by atoms with Gasteiger partial charge in [0.2, 0.25) is 5.91 Å². The molecule has 1 amide bonds. The fourth-order valence-electron chi connectivity index (χ4n) is 3.23. The minimum Gasteiger partial charge on any atom is -0.462 e. The number of amides is 1. The molecule has 0 saturated heterocycles. The number of rotatable bonds is 5. The number of aromatic nitrogens is 2. The van der Waals surface area contributed by atoms with Gasteiger partial charge in [0.1, 0.15) is 17.2 Å². The van der Waals surface area contributed by atoms with E-state index in [4.69, 9.17) is 4.74 Å². The summed E-state index contributed by atoms with van der Waals surface area (Å²) in [4.78, 5) is 42.2. The predicted octanol–water partition coefficient (Wildman–Crippen LogP) is 3.74. The zero-order valence-corrected chi connectivity index (χ0v) is 17.3. The summed E-state index contributed by atoms with van der Waals surface area (Å²) in [7, 11) is 0. The van der Waals surface area contributed by atoms with Crippen LogP contribution in [0.25, 0.3) is 21.0 Å². The average molecular weight is 421 g/mol. The van der Waals surface area contributed by atoms with Crippen LogP contribution in [0.15, 0.2) is 53.3 Å². The molecule has 2 aromatic heterocycles. The van der Waals surface area contributed by atoms with E-state index >= 15 is 0 Å². The molecule has 2 aromatic carbocycles. The second-order valence-electron chi connectivity index (χ2n) is 6.70. The molecular weight excluding hydrogens is 402 g/mol. The Bertz CT molecular complexity index is 1340. The van der Waals surface area contributed by atoms with Crippen molar-refractivity contribution in [1.82, 2.24) is 9.55 Å². The van der Waals surface area contributed by atoms with Crippen molar-refractivity contribution < 1.29 is 14.3 Å². The number of fused-ring (bicyclic) bond motifs is 2. The van der Waals surface area contributed by atoms with Gasteiger partial charge in [-0.25, -0.2) is 9.78 Å². The third kappa shape index (κ3) is 3.81. The van der Waals surface area contributed by atoms with Gasteiger partial charge in [-0.05, 0) is 55.6 Å². The Labute approximate surface area is 175 Å². The summed E-state index contributed by atoms with van der Waals surface area (Å²) in [6, 6.07) is 14.2. The van der Waals surface area contributed by atoms with Crippen LogP contribution in [0.3, 0.4) is 0 Å². The van der Waals surface area contributed by atoms with Crippen molar-refractivity contribution >= 4 is 49.9 Å². The van der Waals surface area contributed by atoms with Crippen molar-refractivity contribution in [3.63, 3.8) is 0 Å². The average Bonchev–Trinajstić information content (AvgIpc) is 3.15. The zero-order valence-electron chi connectivity index (χ0n) is 16.5. The van der Waals surface area contributed by atoms with E-state index in [9.17, 15) is 14.4 Å². The molecule has 0 saturated carbocycles. The Morgan fingerprint density at radius 3 is 2.77 bits per heavy atom. The smallest absolute Gasteiger partial charge is 0.348 e. The fourth-order valence-corrected chi connectivity index (χ4v) is 4.17. The van der Waals surface area contributed by atoms with Gasteiger partial charge in [-0.3, -0.25) is 14.2 Å². The number of benzene rings is 2. The molecule has 0 fully saturated rings. The molecule has 0 atom stereocenters. The lowest BCUT2D eigenvalue weighted by Gasteiger charge is -2.11. The molecule has 8 heteroatoms. The number of carbonyl (C=O) groups excluding carboxylic acids is 2. The molecule has 0 aliphatic heterocycles. The van der Waals surface area contributed by atoms with E-state index < -0.39 is 0 Å². The number of thiophene rings is 1. The maximum absolute atomic E-state index is 12.7. The number of aryl methyl sites for hydroxylation is 1. The van der Waals surface area contributed by atoms with E-state index in [1.54, 1.807) is 50.2 Å². The molecule has 0 radical (unpaired) electrons. The van der Waals surface area contributed by atoms with Crippen LogP contribution in [0.2, 0.25) is 0 Å². The number of hydrogen-bond donors (Lipinski definition) is 1. The van der Waals surface area contributed by atoms with Gasteiger partial charge in [0.05, 0.1) is 17.5 Å². The van der Waals surface area contributed by atoms with Crippen molar-refractivity contribution in [3.8, 4) is 0 Å². The number of para-hydroxylation sites is 1. The topological polar surface area (TPSA) is 90.3 Å². The van der Waals surface area contributed by atoms with Crippen LogP contribution >= 0.6 is 11.3 Å². The molecule has 1 N–H and O–H groups in total. The predicted molar refractivity (Wildman–Crippen MR) is 117 cm³/mol. The van der Waals surface area contributed by atoms with E-state index in [-0.39, 0.29) is 24.0 Å². The summed E-state index contributed by atoms with van der Waals surface area (Å²) in [5.41, 5.74) is 0.942. The van der Waals surface area contributed by atoms with Gasteiger partial charge >= 0.3 is 5.97 Å². The standard InChI is InChI=1S/C22H19N3O4S/c1-3-29-22(28)19-11-14-10-15(8-9-18(14)30-19)24-20(26)12-25-13(2)23-17-7-5-4-6-16(17)21(25)27/h4-11H,3,12H2,1-2H3,(H,24,26). The monoisotopic (exact) mass is 421 g/mol. The molecule has 4 rings (SSSR count). The first-order valence-corrected chi connectivity index (χ1v) is 10.2. The third-order valence-corrected chi connectivity index (χ3v) is 5.73. The van der Waals surface area contributed by atoms with Gasteiger partial charge in [-0.1, -0.05) is 12.1 Å². The quantitative estimate of drug-likeness (QED) is 0.496. The van der Waals surface area contributed by atoms with Crippen LogP contribution in [0, 0.1) is 6.92 Å². The zero-order chi connectivity index (χ0) is 21.3. The summed E-state index contributed by atoms with van der Waals surface area (Å²) in [5, 5.41) is 4.12. The summed E-state index contributed by atoms with van der Waals surface area (Å²) >= 11 is 1.34. The summed E-state index contributed by atoms with van der Waals surface area (Å²) in [6.07, 6.45) is 0. The lowest BCUT2D eigenvalue weighted by molar-refractivity contribution is -0.116. The van der Waals surface area contributed by atoms with Gasteiger partial charge < -0.3 is 10.1 Å². The summed E-state index contributed by atoms with van der Waals surface area (Å²) in [6.45, 7) is 3.64. The van der Waals surface area contributed by atoms with Crippen LogP contribution in [0.5, 0.6) is 0 Å². The van der Waals surface area contributed by atoms with Crippen LogP contribution in [0.1, 0.15) is 22.4 Å². The lowest BCUT2D eigenvalue weighted by atomic mass is 10.2. The van der Waals surface area contributed by atoms with E-state index in [2.05, 4.69) is 10.3 Å². The van der Waals surface area contributed by atoms with Gasteiger partial charge in [0, 0.05) is 10.4 Å². The van der Waals surface area contributed by atoms with Gasteiger partial charge in [-0.15, -0.1) is 11.3 Å². The normalized spacial score (nSPS) is 11.0. The van der Waals surface area contributed by atoms with Crippen LogP contribution in [0.4, 0.5) is 5.69 Å². The number of anilines is 1. The maximum atomic E-state index is 12.7. The second kappa shape index (κ2) is 8.08. The van der Waals surface area contributed by atoms with E-state index in [0.717, 1.165) is 10.1 Å². The van der Waals surface area contributed by atoms with Crippen molar-refractivity contribution in [3.05, 3.63) is 69.6 Å². The van der Waals surface area contributed by atoms with Gasteiger partial charge in [0.15, 0.2) is 0 Å². The molecule has 7 nitrogen and oxygen atoms in total. The molecule has 0 aliphatic rings. The van der Waals surface area contributed by atoms with Crippen LogP contribution in [-0.4, -0.2) is 28.0 Å². The minimum absolute atomic E-state index is 0.141. The number of ether oxygens (including phenoxy) is 1. The van der Waals surface area contributed by atoms with E-state index in [1.807, 2.05) is 12.1 Å². The molecule has 2 heterocycles. The third-order valence-electron chi connectivity index (χ3n) is 4.63. The molecule has 152 valence electrons. The van der Waals surface area contributed by atoms with Crippen LogP contribution < -0.4 is 10.9 Å². The Morgan fingerprint density at radius 2 is 1.97 bits per heavy atom. The molecule has 0 spiro atoms. The summed E-state index contributed by atoms with van der Waals surface area (Å²) in [5.74, 6) is -0.221. The van der Waals surface area contributed by atoms with Crippen molar-refractivity contribution in [2.45, 2.75) is 20.4 Å². The molecule has 0 bridgehead atoms. The number of carbonyl (C=O) groups is 2.